The molecule has 0 aromatic heterocycles. The van der Waals surface area contributed by atoms with Crippen molar-refractivity contribution < 1.29 is 17.5 Å². The fourth-order valence-corrected chi connectivity index (χ4v) is 4.96. The van der Waals surface area contributed by atoms with Gasteiger partial charge < -0.3 is 4.74 Å². The minimum Gasteiger partial charge on any atom is -0.370 e. The minimum atomic E-state index is -3.75. The zero-order valence-electron chi connectivity index (χ0n) is 13.9. The molecule has 0 aliphatic carbocycles. The normalized spacial score (nSPS) is 21.2. The first-order valence-corrected chi connectivity index (χ1v) is 9.67. The first kappa shape index (κ1) is 18.3. The van der Waals surface area contributed by atoms with Crippen molar-refractivity contribution in [2.75, 3.05) is 13.2 Å². The van der Waals surface area contributed by atoms with Crippen molar-refractivity contribution in [3.05, 3.63) is 64.9 Å². The SMILES string of the molecule is CC1(C)COC(c2ccc(F)cc2)CN1S(=O)(=O)c1cccc(Cl)c1. The molecule has 3 rings (SSSR count). The molecule has 0 N–H and O–H groups in total. The fraction of sp³-hybridized carbons (Fsp3) is 0.333. The Labute approximate surface area is 152 Å². The van der Waals surface area contributed by atoms with Gasteiger partial charge in [0.05, 0.1) is 23.1 Å². The summed E-state index contributed by atoms with van der Waals surface area (Å²) in [5.74, 6) is -0.344. The molecule has 0 saturated carbocycles. The molecule has 2 aromatic carbocycles. The molecular formula is C18H19ClFNO3S. The van der Waals surface area contributed by atoms with E-state index in [9.17, 15) is 12.8 Å². The number of sulfonamides is 1. The van der Waals surface area contributed by atoms with Crippen molar-refractivity contribution in [2.45, 2.75) is 30.4 Å². The van der Waals surface area contributed by atoms with Gasteiger partial charge in [-0.3, -0.25) is 0 Å². The zero-order valence-corrected chi connectivity index (χ0v) is 15.5. The smallest absolute Gasteiger partial charge is 0.243 e. The number of halogens is 2. The van der Waals surface area contributed by atoms with E-state index < -0.39 is 21.7 Å². The van der Waals surface area contributed by atoms with Crippen LogP contribution in [0.3, 0.4) is 0 Å². The number of morpholine rings is 1. The average Bonchev–Trinajstić information content (AvgIpc) is 2.55. The Kier molecular flexibility index (Phi) is 4.90. The summed E-state index contributed by atoms with van der Waals surface area (Å²) in [4.78, 5) is 0.146. The van der Waals surface area contributed by atoms with Crippen molar-refractivity contribution in [3.63, 3.8) is 0 Å². The molecule has 1 heterocycles. The van der Waals surface area contributed by atoms with Gasteiger partial charge in [0.1, 0.15) is 5.82 Å². The lowest BCUT2D eigenvalue weighted by Gasteiger charge is -2.44. The van der Waals surface area contributed by atoms with Gasteiger partial charge in [0.15, 0.2) is 0 Å². The predicted octanol–water partition coefficient (Wildman–Crippen LogP) is 4.02. The van der Waals surface area contributed by atoms with Crippen LogP contribution in [-0.4, -0.2) is 31.4 Å². The van der Waals surface area contributed by atoms with Gasteiger partial charge in [-0.2, -0.15) is 4.31 Å². The number of nitrogens with zero attached hydrogens (tertiary/aromatic N) is 1. The molecular weight excluding hydrogens is 365 g/mol. The summed E-state index contributed by atoms with van der Waals surface area (Å²) in [5, 5.41) is 0.363. The summed E-state index contributed by atoms with van der Waals surface area (Å²) in [5.41, 5.74) is 0.0284. The summed E-state index contributed by atoms with van der Waals surface area (Å²) in [6, 6.07) is 12.1. The van der Waals surface area contributed by atoms with Crippen LogP contribution in [-0.2, 0) is 14.8 Å². The minimum absolute atomic E-state index is 0.146. The van der Waals surface area contributed by atoms with Crippen LogP contribution in [0, 0.1) is 5.82 Å². The second kappa shape index (κ2) is 6.68. The Balaban J connectivity index is 1.95. The lowest BCUT2D eigenvalue weighted by atomic mass is 10.0. The van der Waals surface area contributed by atoms with Crippen molar-refractivity contribution in [3.8, 4) is 0 Å². The first-order chi connectivity index (χ1) is 11.7. The van der Waals surface area contributed by atoms with E-state index in [4.69, 9.17) is 16.3 Å². The second-order valence-electron chi connectivity index (χ2n) is 6.66. The molecule has 0 amide bonds. The van der Waals surface area contributed by atoms with Gasteiger partial charge in [-0.15, -0.1) is 0 Å². The van der Waals surface area contributed by atoms with Gasteiger partial charge in [-0.25, -0.2) is 12.8 Å². The highest BCUT2D eigenvalue weighted by Crippen LogP contribution is 2.35. The Hall–Kier alpha value is -1.47. The van der Waals surface area contributed by atoms with E-state index in [0.29, 0.717) is 5.02 Å². The molecule has 1 fully saturated rings. The van der Waals surface area contributed by atoms with Crippen molar-refractivity contribution in [1.29, 1.82) is 0 Å². The maximum atomic E-state index is 13.1. The highest BCUT2D eigenvalue weighted by molar-refractivity contribution is 7.89. The molecule has 134 valence electrons. The van der Waals surface area contributed by atoms with Gasteiger partial charge in [-0.05, 0) is 49.7 Å². The summed E-state index contributed by atoms with van der Waals surface area (Å²) >= 11 is 5.96. The Morgan fingerprint density at radius 1 is 1.20 bits per heavy atom. The van der Waals surface area contributed by atoms with Gasteiger partial charge in [0, 0.05) is 11.6 Å². The van der Waals surface area contributed by atoms with E-state index in [1.807, 2.05) is 13.8 Å². The summed E-state index contributed by atoms with van der Waals surface area (Å²) in [6.07, 6.45) is -0.456. The number of ether oxygens (including phenoxy) is 1. The molecule has 2 aromatic rings. The van der Waals surface area contributed by atoms with Crippen molar-refractivity contribution in [2.24, 2.45) is 0 Å². The Morgan fingerprint density at radius 3 is 2.52 bits per heavy atom. The Morgan fingerprint density at radius 2 is 1.88 bits per heavy atom. The van der Waals surface area contributed by atoms with E-state index in [-0.39, 0.29) is 23.9 Å². The molecule has 4 nitrogen and oxygen atoms in total. The van der Waals surface area contributed by atoms with E-state index in [2.05, 4.69) is 0 Å². The molecule has 0 spiro atoms. The highest BCUT2D eigenvalue weighted by Gasteiger charge is 2.43. The monoisotopic (exact) mass is 383 g/mol. The maximum Gasteiger partial charge on any atom is 0.243 e. The van der Waals surface area contributed by atoms with Gasteiger partial charge >= 0.3 is 0 Å². The third kappa shape index (κ3) is 3.72. The largest absolute Gasteiger partial charge is 0.370 e. The number of benzene rings is 2. The maximum absolute atomic E-state index is 13.1. The molecule has 25 heavy (non-hydrogen) atoms. The van der Waals surface area contributed by atoms with Crippen LogP contribution in [0.2, 0.25) is 5.02 Å². The van der Waals surface area contributed by atoms with E-state index in [1.165, 1.54) is 28.6 Å². The van der Waals surface area contributed by atoms with Crippen LogP contribution >= 0.6 is 11.6 Å². The van der Waals surface area contributed by atoms with Gasteiger partial charge in [0.25, 0.3) is 0 Å². The number of rotatable bonds is 3. The zero-order chi connectivity index (χ0) is 18.2. The van der Waals surface area contributed by atoms with Crippen LogP contribution in [0.5, 0.6) is 0 Å². The van der Waals surface area contributed by atoms with E-state index in [1.54, 1.807) is 24.3 Å². The molecule has 1 aliphatic rings. The molecule has 7 heteroatoms. The van der Waals surface area contributed by atoms with E-state index >= 15 is 0 Å². The summed E-state index contributed by atoms with van der Waals surface area (Å²) in [6.45, 7) is 4.01. The number of hydrogen-bond acceptors (Lipinski definition) is 3. The molecule has 1 unspecified atom stereocenters. The standard InChI is InChI=1S/C18H19ClFNO3S/c1-18(2)12-24-17(13-6-8-15(20)9-7-13)11-21(18)25(22,23)16-5-3-4-14(19)10-16/h3-10,17H,11-12H2,1-2H3. The lowest BCUT2D eigenvalue weighted by Crippen LogP contribution is -2.56. The molecule has 0 radical (unpaired) electrons. The third-order valence-electron chi connectivity index (χ3n) is 4.27. The summed E-state index contributed by atoms with van der Waals surface area (Å²) in [7, 11) is -3.75. The second-order valence-corrected chi connectivity index (χ2v) is 8.96. The van der Waals surface area contributed by atoms with Crippen LogP contribution in [0.25, 0.3) is 0 Å². The quantitative estimate of drug-likeness (QED) is 0.804. The molecule has 1 saturated heterocycles. The van der Waals surface area contributed by atoms with Crippen molar-refractivity contribution in [1.82, 2.24) is 4.31 Å². The van der Waals surface area contributed by atoms with Crippen molar-refractivity contribution >= 4 is 21.6 Å². The highest BCUT2D eigenvalue weighted by atomic mass is 35.5. The van der Waals surface area contributed by atoms with Gasteiger partial charge in [0.2, 0.25) is 10.0 Å². The molecule has 1 aliphatic heterocycles. The molecule has 1 atom stereocenters. The Bertz CT molecular complexity index is 868. The first-order valence-electron chi connectivity index (χ1n) is 7.86. The third-order valence-corrected chi connectivity index (χ3v) is 6.58. The van der Waals surface area contributed by atoms with Crippen LogP contribution in [0.1, 0.15) is 25.5 Å². The average molecular weight is 384 g/mol. The van der Waals surface area contributed by atoms with Crippen LogP contribution in [0.15, 0.2) is 53.4 Å². The van der Waals surface area contributed by atoms with Gasteiger partial charge in [-0.1, -0.05) is 29.8 Å². The summed E-state index contributed by atoms with van der Waals surface area (Å²) < 4.78 is 46.7. The van der Waals surface area contributed by atoms with Crippen LogP contribution < -0.4 is 0 Å². The predicted molar refractivity (Wildman–Crippen MR) is 94.5 cm³/mol. The number of hydrogen-bond donors (Lipinski definition) is 0. The van der Waals surface area contributed by atoms with E-state index in [0.717, 1.165) is 5.56 Å². The molecule has 0 bridgehead atoms. The topological polar surface area (TPSA) is 46.6 Å². The van der Waals surface area contributed by atoms with Crippen LogP contribution in [0.4, 0.5) is 4.39 Å². The fourth-order valence-electron chi connectivity index (χ4n) is 2.88. The lowest BCUT2D eigenvalue weighted by molar-refractivity contribution is -0.0655.